The zero-order chi connectivity index (χ0) is 18.8. The van der Waals surface area contributed by atoms with E-state index in [-0.39, 0.29) is 12.5 Å². The first-order valence-corrected chi connectivity index (χ1v) is 8.86. The lowest BCUT2D eigenvalue weighted by atomic mass is 10.0. The fraction of sp³-hybridized carbons (Fsp3) is 0.300. The molecule has 2 atom stereocenters. The Hall–Kier alpha value is -2.53. The average Bonchev–Trinajstić information content (AvgIpc) is 2.65. The number of alkyl carbamates (subject to hydrolysis) is 1. The summed E-state index contributed by atoms with van der Waals surface area (Å²) in [4.78, 5) is 23.5. The van der Waals surface area contributed by atoms with Crippen molar-refractivity contribution in [1.82, 2.24) is 5.32 Å². The second kappa shape index (κ2) is 10.5. The molecule has 2 aromatic rings. The smallest absolute Gasteiger partial charge is 0.407 e. The zero-order valence-corrected chi connectivity index (χ0v) is 15.3. The molecule has 5 nitrogen and oxygen atoms in total. The van der Waals surface area contributed by atoms with E-state index in [1.54, 1.807) is 0 Å². The predicted molar refractivity (Wildman–Crippen MR) is 100.0 cm³/mol. The Labute approximate surface area is 158 Å². The van der Waals surface area contributed by atoms with Crippen LogP contribution in [0.4, 0.5) is 4.79 Å². The molecule has 0 saturated heterocycles. The van der Waals surface area contributed by atoms with Gasteiger partial charge in [-0.1, -0.05) is 60.7 Å². The second-order valence-electron chi connectivity index (χ2n) is 5.80. The van der Waals surface area contributed by atoms with Crippen molar-refractivity contribution in [3.63, 3.8) is 0 Å². The quantitative estimate of drug-likeness (QED) is 0.564. The van der Waals surface area contributed by atoms with Crippen LogP contribution < -0.4 is 5.32 Å². The van der Waals surface area contributed by atoms with Crippen molar-refractivity contribution in [2.24, 2.45) is 0 Å². The summed E-state index contributed by atoms with van der Waals surface area (Å²) in [6.07, 6.45) is -0.776. The van der Waals surface area contributed by atoms with Crippen LogP contribution in [0.25, 0.3) is 0 Å². The molecule has 2 aromatic carbocycles. The maximum atomic E-state index is 12.2. The summed E-state index contributed by atoms with van der Waals surface area (Å²) in [6, 6.07) is 18.5. The van der Waals surface area contributed by atoms with Crippen LogP contribution in [-0.2, 0) is 27.3 Å². The van der Waals surface area contributed by atoms with Gasteiger partial charge >= 0.3 is 12.1 Å². The molecule has 0 aliphatic carbocycles. The fourth-order valence-corrected chi connectivity index (χ4v) is 2.77. The molecule has 0 spiro atoms. The van der Waals surface area contributed by atoms with Crippen LogP contribution >= 0.6 is 11.6 Å². The molecule has 0 aliphatic heterocycles. The molecule has 6 heteroatoms. The number of hydrogen-bond acceptors (Lipinski definition) is 4. The Morgan fingerprint density at radius 2 is 1.58 bits per heavy atom. The highest BCUT2D eigenvalue weighted by atomic mass is 35.5. The van der Waals surface area contributed by atoms with Crippen molar-refractivity contribution in [3.05, 3.63) is 71.8 Å². The van der Waals surface area contributed by atoms with E-state index < -0.39 is 24.2 Å². The number of nitrogens with one attached hydrogen (secondary N) is 1. The molecule has 1 N–H and O–H groups in total. The highest BCUT2D eigenvalue weighted by Gasteiger charge is 2.26. The lowest BCUT2D eigenvalue weighted by Gasteiger charge is -2.26. The Kier molecular flexibility index (Phi) is 7.96. The molecule has 2 rings (SSSR count). The van der Waals surface area contributed by atoms with Crippen LogP contribution in [0.2, 0.25) is 0 Å². The summed E-state index contributed by atoms with van der Waals surface area (Å²) in [5, 5.41) is 2.77. The third-order valence-corrected chi connectivity index (χ3v) is 4.04. The average molecular weight is 376 g/mol. The van der Waals surface area contributed by atoms with Crippen LogP contribution in [0, 0.1) is 0 Å². The van der Waals surface area contributed by atoms with Gasteiger partial charge in [0.05, 0.1) is 11.9 Å². The number of carbonyl (C=O) groups is 2. The predicted octanol–water partition coefficient (Wildman–Crippen LogP) is 3.69. The summed E-state index contributed by atoms with van der Waals surface area (Å²) in [6.45, 7) is 1.47. The van der Waals surface area contributed by atoms with Crippen molar-refractivity contribution < 1.29 is 19.1 Å². The van der Waals surface area contributed by atoms with Crippen LogP contribution in [0.3, 0.4) is 0 Å². The number of rotatable bonds is 8. The summed E-state index contributed by atoms with van der Waals surface area (Å²) in [7, 11) is 0. The molecular formula is C20H22ClNO4. The van der Waals surface area contributed by atoms with Gasteiger partial charge in [-0.15, -0.1) is 11.6 Å². The van der Waals surface area contributed by atoms with Crippen molar-refractivity contribution >= 4 is 23.7 Å². The first-order valence-electron chi connectivity index (χ1n) is 8.33. The number of benzene rings is 2. The molecule has 0 heterocycles. The third kappa shape index (κ3) is 6.76. The zero-order valence-electron chi connectivity index (χ0n) is 14.6. The largest absolute Gasteiger partial charge is 0.459 e. The maximum Gasteiger partial charge on any atom is 0.407 e. The number of amides is 1. The molecule has 26 heavy (non-hydrogen) atoms. The van der Waals surface area contributed by atoms with Gasteiger partial charge in [0, 0.05) is 6.92 Å². The Morgan fingerprint density at radius 1 is 1.00 bits per heavy atom. The number of esters is 1. The van der Waals surface area contributed by atoms with E-state index in [0.717, 1.165) is 11.1 Å². The minimum Gasteiger partial charge on any atom is -0.459 e. The van der Waals surface area contributed by atoms with Crippen LogP contribution in [0.15, 0.2) is 60.7 Å². The second-order valence-corrected chi connectivity index (χ2v) is 6.11. The first-order chi connectivity index (χ1) is 12.6. The Morgan fingerprint density at radius 3 is 2.12 bits per heavy atom. The molecule has 1 amide bonds. The van der Waals surface area contributed by atoms with E-state index in [1.807, 2.05) is 60.7 Å². The highest BCUT2D eigenvalue weighted by Crippen LogP contribution is 2.12. The Bertz CT molecular complexity index is 693. The van der Waals surface area contributed by atoms with Gasteiger partial charge in [-0.05, 0) is 17.5 Å². The molecule has 0 saturated carbocycles. The normalized spacial score (nSPS) is 12.7. The van der Waals surface area contributed by atoms with E-state index in [2.05, 4.69) is 5.32 Å². The number of hydrogen-bond donors (Lipinski definition) is 1. The molecule has 0 aromatic heterocycles. The number of carbonyl (C=O) groups excluding carboxylic acids is 2. The highest BCUT2D eigenvalue weighted by molar-refractivity contribution is 6.18. The van der Waals surface area contributed by atoms with Gasteiger partial charge in [0.1, 0.15) is 12.7 Å². The number of ether oxygens (including phenoxy) is 2. The topological polar surface area (TPSA) is 64.6 Å². The summed E-state index contributed by atoms with van der Waals surface area (Å²) < 4.78 is 10.5. The van der Waals surface area contributed by atoms with Gasteiger partial charge in [-0.3, -0.25) is 4.79 Å². The van der Waals surface area contributed by atoms with Crippen LogP contribution in [-0.4, -0.2) is 30.1 Å². The van der Waals surface area contributed by atoms with Gasteiger partial charge in [0.25, 0.3) is 0 Å². The van der Waals surface area contributed by atoms with E-state index in [9.17, 15) is 9.59 Å². The van der Waals surface area contributed by atoms with E-state index in [4.69, 9.17) is 21.1 Å². The maximum absolute atomic E-state index is 12.2. The van der Waals surface area contributed by atoms with Gasteiger partial charge in [0.15, 0.2) is 0 Å². The van der Waals surface area contributed by atoms with Crippen molar-refractivity contribution in [1.29, 1.82) is 0 Å². The van der Waals surface area contributed by atoms with Crippen LogP contribution in [0.1, 0.15) is 18.1 Å². The molecule has 0 radical (unpaired) electrons. The van der Waals surface area contributed by atoms with Gasteiger partial charge in [-0.2, -0.15) is 0 Å². The summed E-state index contributed by atoms with van der Waals surface area (Å²) in [5.41, 5.74) is 1.87. The van der Waals surface area contributed by atoms with E-state index in [1.165, 1.54) is 6.92 Å². The SMILES string of the molecule is CC(=O)OC(CCl)C(Cc1ccccc1)NC(=O)OCc1ccccc1. The minimum absolute atomic E-state index is 0.0655. The number of alkyl halides is 1. The molecule has 0 fully saturated rings. The van der Waals surface area contributed by atoms with Gasteiger partial charge < -0.3 is 14.8 Å². The van der Waals surface area contributed by atoms with Crippen molar-refractivity contribution in [2.75, 3.05) is 5.88 Å². The van der Waals surface area contributed by atoms with E-state index >= 15 is 0 Å². The monoisotopic (exact) mass is 375 g/mol. The third-order valence-electron chi connectivity index (χ3n) is 3.73. The molecule has 2 unspecified atom stereocenters. The summed E-state index contributed by atoms with van der Waals surface area (Å²) >= 11 is 5.96. The molecule has 138 valence electrons. The van der Waals surface area contributed by atoms with Crippen molar-refractivity contribution in [3.8, 4) is 0 Å². The molecule has 0 aliphatic rings. The van der Waals surface area contributed by atoms with Gasteiger partial charge in [0.2, 0.25) is 0 Å². The fourth-order valence-electron chi connectivity index (χ4n) is 2.49. The van der Waals surface area contributed by atoms with Gasteiger partial charge in [-0.25, -0.2) is 4.79 Å². The standard InChI is InChI=1S/C20H22ClNO4/c1-15(23)26-19(13-21)18(12-16-8-4-2-5-9-16)22-20(24)25-14-17-10-6-3-7-11-17/h2-11,18-19H,12-14H2,1H3,(H,22,24). The first kappa shape index (κ1) is 19.8. The summed E-state index contributed by atoms with van der Waals surface area (Å²) in [5.74, 6) is -0.385. The lowest BCUT2D eigenvalue weighted by molar-refractivity contribution is -0.146. The van der Waals surface area contributed by atoms with Crippen molar-refractivity contribution in [2.45, 2.75) is 32.1 Å². The molecule has 0 bridgehead atoms. The Balaban J connectivity index is 2.01. The lowest BCUT2D eigenvalue weighted by Crippen LogP contribution is -2.47. The molecular weight excluding hydrogens is 354 g/mol. The van der Waals surface area contributed by atoms with E-state index in [0.29, 0.717) is 6.42 Å². The number of halogens is 1. The minimum atomic E-state index is -0.654. The van der Waals surface area contributed by atoms with Crippen LogP contribution in [0.5, 0.6) is 0 Å².